The first-order chi connectivity index (χ1) is 15.1. The number of hydrogen-bond acceptors (Lipinski definition) is 4. The van der Waals surface area contributed by atoms with Crippen LogP contribution in [0, 0.1) is 5.92 Å². The molecular weight excluding hydrogens is 386 g/mol. The van der Waals surface area contributed by atoms with E-state index < -0.39 is 0 Å². The zero-order valence-corrected chi connectivity index (χ0v) is 18.5. The lowest BCUT2D eigenvalue weighted by Crippen LogP contribution is -2.48. The highest BCUT2D eigenvalue weighted by Gasteiger charge is 2.27. The topological polar surface area (TPSA) is 37.7 Å². The molecule has 1 aliphatic carbocycles. The molecule has 1 aromatic heterocycles. The highest BCUT2D eigenvalue weighted by Crippen LogP contribution is 2.34. The van der Waals surface area contributed by atoms with Crippen molar-refractivity contribution in [3.8, 4) is 5.75 Å². The van der Waals surface area contributed by atoms with Crippen LogP contribution in [0.25, 0.3) is 10.9 Å². The van der Waals surface area contributed by atoms with Crippen molar-refractivity contribution < 1.29 is 9.53 Å². The van der Waals surface area contributed by atoms with Crippen molar-refractivity contribution >= 4 is 22.5 Å². The lowest BCUT2D eigenvalue weighted by molar-refractivity contribution is 0.0845. The van der Waals surface area contributed by atoms with Gasteiger partial charge in [-0.05, 0) is 61.1 Å². The lowest BCUT2D eigenvalue weighted by atomic mass is 9.88. The Labute approximate surface area is 184 Å². The monoisotopic (exact) mass is 417 g/mol. The van der Waals surface area contributed by atoms with Crippen LogP contribution in [-0.2, 0) is 12.8 Å². The van der Waals surface area contributed by atoms with E-state index in [1.165, 1.54) is 22.3 Å². The van der Waals surface area contributed by atoms with Gasteiger partial charge in [0.05, 0.1) is 19.2 Å². The molecule has 0 amide bonds. The maximum Gasteiger partial charge on any atom is 0.245 e. The molecule has 1 fully saturated rings. The fourth-order valence-electron chi connectivity index (χ4n) is 5.19. The molecule has 2 aromatic carbocycles. The minimum absolute atomic E-state index is 0.213. The third-order valence-corrected chi connectivity index (χ3v) is 6.93. The molecule has 0 bridgehead atoms. The van der Waals surface area contributed by atoms with Crippen LogP contribution in [0.1, 0.15) is 29.4 Å². The Bertz CT molecular complexity index is 1080. The number of carbonyl (C=O) groups excluding carboxylic acids is 1. The minimum Gasteiger partial charge on any atom is -0.497 e. The van der Waals surface area contributed by atoms with Gasteiger partial charge in [0, 0.05) is 42.9 Å². The smallest absolute Gasteiger partial charge is 0.245 e. The number of methoxy groups -OCH3 is 1. The minimum atomic E-state index is 0.213. The number of piperazine rings is 1. The van der Waals surface area contributed by atoms with E-state index in [-0.39, 0.29) is 5.91 Å². The summed E-state index contributed by atoms with van der Waals surface area (Å²) in [6, 6.07) is 16.7. The van der Waals surface area contributed by atoms with Gasteiger partial charge < -0.3 is 9.64 Å². The number of carbonyl (C=O) groups is 1. The second-order valence-corrected chi connectivity index (χ2v) is 8.98. The third-order valence-electron chi connectivity index (χ3n) is 6.93. The predicted molar refractivity (Wildman–Crippen MR) is 125 cm³/mol. The Morgan fingerprint density at radius 2 is 1.77 bits per heavy atom. The van der Waals surface area contributed by atoms with Crippen molar-refractivity contribution in [3.05, 3.63) is 59.8 Å². The molecule has 5 nitrogen and oxygen atoms in total. The van der Waals surface area contributed by atoms with Crippen LogP contribution in [0.4, 0.5) is 5.69 Å². The number of ether oxygens (including phenoxy) is 1. The lowest BCUT2D eigenvalue weighted by Gasteiger charge is -2.36. The van der Waals surface area contributed by atoms with Crippen LogP contribution >= 0.6 is 0 Å². The molecule has 0 N–H and O–H groups in total. The normalized spacial score (nSPS) is 19.4. The van der Waals surface area contributed by atoms with E-state index in [2.05, 4.69) is 53.1 Å². The number of nitrogens with zero attached hydrogens (tertiary/aromatic N) is 3. The second-order valence-electron chi connectivity index (χ2n) is 8.98. The molecule has 2 heterocycles. The molecule has 0 spiro atoms. The van der Waals surface area contributed by atoms with Crippen LogP contribution in [0.15, 0.2) is 48.5 Å². The van der Waals surface area contributed by atoms with Crippen LogP contribution in [0.3, 0.4) is 0 Å². The van der Waals surface area contributed by atoms with E-state index in [0.29, 0.717) is 12.5 Å². The molecule has 1 unspecified atom stereocenters. The van der Waals surface area contributed by atoms with Gasteiger partial charge in [-0.2, -0.15) is 0 Å². The van der Waals surface area contributed by atoms with E-state index in [1.807, 2.05) is 16.7 Å². The first kappa shape index (κ1) is 20.1. The van der Waals surface area contributed by atoms with Gasteiger partial charge in [0.15, 0.2) is 0 Å². The van der Waals surface area contributed by atoms with Gasteiger partial charge in [0.2, 0.25) is 5.91 Å². The molecule has 2 aliphatic rings. The van der Waals surface area contributed by atoms with Crippen molar-refractivity contribution in [3.63, 3.8) is 0 Å². The molecule has 1 saturated heterocycles. The highest BCUT2D eigenvalue weighted by atomic mass is 16.5. The SMILES string of the molecule is COc1ccc(N2CCN(CC(=O)n3c4c(c5ccccc53)CC(C)CC4)CC2)cc1. The number of aromatic nitrogens is 1. The van der Waals surface area contributed by atoms with Gasteiger partial charge >= 0.3 is 0 Å². The van der Waals surface area contributed by atoms with Gasteiger partial charge in [0.1, 0.15) is 5.75 Å². The molecule has 1 atom stereocenters. The largest absolute Gasteiger partial charge is 0.497 e. The van der Waals surface area contributed by atoms with E-state index >= 15 is 0 Å². The summed E-state index contributed by atoms with van der Waals surface area (Å²) in [6.45, 7) is 6.46. The van der Waals surface area contributed by atoms with Crippen LogP contribution in [0.5, 0.6) is 5.75 Å². The Morgan fingerprint density at radius 3 is 2.52 bits per heavy atom. The molecule has 0 radical (unpaired) electrons. The maximum absolute atomic E-state index is 13.5. The zero-order chi connectivity index (χ0) is 21.4. The zero-order valence-electron chi connectivity index (χ0n) is 18.5. The Morgan fingerprint density at radius 1 is 1.03 bits per heavy atom. The molecule has 162 valence electrons. The number of hydrogen-bond donors (Lipinski definition) is 0. The van der Waals surface area contributed by atoms with Crippen molar-refractivity contribution in [1.29, 1.82) is 0 Å². The second kappa shape index (κ2) is 8.39. The van der Waals surface area contributed by atoms with E-state index in [4.69, 9.17) is 4.74 Å². The Kier molecular flexibility index (Phi) is 5.45. The summed E-state index contributed by atoms with van der Waals surface area (Å²) in [7, 11) is 1.69. The standard InChI is InChI=1S/C26H31N3O2/c1-19-7-12-25-23(17-19)22-5-3-4-6-24(22)29(25)26(30)18-27-13-15-28(16-14-27)20-8-10-21(31-2)11-9-20/h3-6,8-11,19H,7,12-18H2,1-2H3. The van der Waals surface area contributed by atoms with E-state index in [1.54, 1.807) is 7.11 Å². The van der Waals surface area contributed by atoms with Crippen LogP contribution in [0.2, 0.25) is 0 Å². The fraction of sp³-hybridized carbons (Fsp3) is 0.423. The molecule has 5 heteroatoms. The highest BCUT2D eigenvalue weighted by molar-refractivity contribution is 5.97. The number of fused-ring (bicyclic) bond motifs is 3. The summed E-state index contributed by atoms with van der Waals surface area (Å²) in [5.41, 5.74) is 4.95. The summed E-state index contributed by atoms with van der Waals surface area (Å²) in [4.78, 5) is 18.1. The molecule has 31 heavy (non-hydrogen) atoms. The van der Waals surface area contributed by atoms with Crippen molar-refractivity contribution in [2.24, 2.45) is 5.92 Å². The van der Waals surface area contributed by atoms with Gasteiger partial charge in [-0.15, -0.1) is 0 Å². The van der Waals surface area contributed by atoms with Gasteiger partial charge in [-0.3, -0.25) is 14.3 Å². The number of benzene rings is 2. The molecule has 1 aliphatic heterocycles. The average Bonchev–Trinajstić information content (AvgIpc) is 3.13. The maximum atomic E-state index is 13.5. The quantitative estimate of drug-likeness (QED) is 0.637. The number of para-hydroxylation sites is 1. The van der Waals surface area contributed by atoms with Crippen LogP contribution in [-0.4, -0.2) is 55.2 Å². The van der Waals surface area contributed by atoms with Crippen molar-refractivity contribution in [2.75, 3.05) is 44.7 Å². The van der Waals surface area contributed by atoms with Gasteiger partial charge in [0.25, 0.3) is 0 Å². The van der Waals surface area contributed by atoms with Crippen molar-refractivity contribution in [1.82, 2.24) is 9.47 Å². The van der Waals surface area contributed by atoms with Crippen LogP contribution < -0.4 is 9.64 Å². The summed E-state index contributed by atoms with van der Waals surface area (Å²) in [5.74, 6) is 1.78. The number of rotatable bonds is 4. The molecular formula is C26H31N3O2. The Balaban J connectivity index is 1.30. The Hall–Kier alpha value is -2.79. The summed E-state index contributed by atoms with van der Waals surface area (Å²) in [6.07, 6.45) is 3.25. The summed E-state index contributed by atoms with van der Waals surface area (Å²) >= 11 is 0. The summed E-state index contributed by atoms with van der Waals surface area (Å²) in [5, 5.41) is 1.27. The third kappa shape index (κ3) is 3.83. The predicted octanol–water partition coefficient (Wildman–Crippen LogP) is 4.24. The first-order valence-corrected chi connectivity index (χ1v) is 11.4. The molecule has 0 saturated carbocycles. The fourth-order valence-corrected chi connectivity index (χ4v) is 5.19. The molecule has 3 aromatic rings. The number of anilines is 1. The van der Waals surface area contributed by atoms with E-state index in [0.717, 1.165) is 56.7 Å². The van der Waals surface area contributed by atoms with Gasteiger partial charge in [-0.25, -0.2) is 0 Å². The average molecular weight is 418 g/mol. The van der Waals surface area contributed by atoms with Gasteiger partial charge in [-0.1, -0.05) is 25.1 Å². The van der Waals surface area contributed by atoms with Crippen molar-refractivity contribution in [2.45, 2.75) is 26.2 Å². The first-order valence-electron chi connectivity index (χ1n) is 11.4. The molecule has 5 rings (SSSR count). The summed E-state index contributed by atoms with van der Waals surface area (Å²) < 4.78 is 7.30. The van der Waals surface area contributed by atoms with E-state index in [9.17, 15) is 4.79 Å².